The van der Waals surface area contributed by atoms with Crippen molar-refractivity contribution in [3.63, 3.8) is 0 Å². The fourth-order valence-corrected chi connectivity index (χ4v) is 2.97. The number of benzene rings is 2. The normalized spacial score (nSPS) is 12.4. The smallest absolute Gasteiger partial charge is 0.495 e. The predicted molar refractivity (Wildman–Crippen MR) is 91.8 cm³/mol. The van der Waals surface area contributed by atoms with E-state index in [9.17, 15) is 39.6 Å². The highest BCUT2D eigenvalue weighted by Gasteiger charge is 2.47. The summed E-state index contributed by atoms with van der Waals surface area (Å²) in [6.07, 6.45) is -4.63. The third-order valence-corrected chi connectivity index (χ3v) is 5.08. The second kappa shape index (κ2) is 8.42. The van der Waals surface area contributed by atoms with E-state index in [1.165, 1.54) is 6.07 Å². The van der Waals surface area contributed by atoms with E-state index in [2.05, 4.69) is 5.32 Å². The molecule has 0 radical (unpaired) electrons. The van der Waals surface area contributed by atoms with Crippen LogP contribution in [0.4, 0.5) is 32.0 Å². The molecule has 2 aromatic rings. The van der Waals surface area contributed by atoms with Gasteiger partial charge in [-0.3, -0.25) is 4.79 Å². The number of hydrogen-bond acceptors (Lipinski definition) is 5. The highest BCUT2D eigenvalue weighted by atomic mass is 32.2. The van der Waals surface area contributed by atoms with Gasteiger partial charge < -0.3 is 14.8 Å². The average Bonchev–Trinajstić information content (AvgIpc) is 2.65. The summed E-state index contributed by atoms with van der Waals surface area (Å²) in [4.78, 5) is 10.9. The van der Waals surface area contributed by atoms with Gasteiger partial charge >= 0.3 is 11.7 Å². The monoisotopic (exact) mass is 457 g/mol. The molecule has 0 saturated heterocycles. The van der Waals surface area contributed by atoms with Crippen molar-refractivity contribution < 1.29 is 49.0 Å². The summed E-state index contributed by atoms with van der Waals surface area (Å²) in [7, 11) is -4.55. The third kappa shape index (κ3) is 5.34. The summed E-state index contributed by atoms with van der Waals surface area (Å²) < 4.78 is 109. The van der Waals surface area contributed by atoms with Crippen molar-refractivity contribution in [2.75, 3.05) is 19.0 Å². The van der Waals surface area contributed by atoms with E-state index in [0.717, 1.165) is 25.3 Å². The van der Waals surface area contributed by atoms with E-state index >= 15 is 0 Å². The number of hydrogen-bond donors (Lipinski definition) is 1. The van der Waals surface area contributed by atoms with Gasteiger partial charge in [0.2, 0.25) is 0 Å². The zero-order valence-corrected chi connectivity index (χ0v) is 15.8. The Labute approximate surface area is 166 Å². The second-order valence-electron chi connectivity index (χ2n) is 5.67. The van der Waals surface area contributed by atoms with Crippen LogP contribution in [0.1, 0.15) is 5.56 Å². The maximum atomic E-state index is 12.7. The van der Waals surface area contributed by atoms with E-state index in [0.29, 0.717) is 18.2 Å². The lowest BCUT2D eigenvalue weighted by Gasteiger charge is -2.14. The molecule has 0 atom stereocenters. The van der Waals surface area contributed by atoms with Crippen molar-refractivity contribution >= 4 is 21.4 Å². The first-order valence-electron chi connectivity index (χ1n) is 7.85. The van der Waals surface area contributed by atoms with Crippen LogP contribution in [0.15, 0.2) is 47.4 Å². The van der Waals surface area contributed by atoms with Gasteiger partial charge in [0, 0.05) is 0 Å². The number of methoxy groups -OCH3 is 1. The molecule has 0 aliphatic carbocycles. The summed E-state index contributed by atoms with van der Waals surface area (Å²) in [5, 5.41) is 2.10. The lowest BCUT2D eigenvalue weighted by atomic mass is 10.2. The third-order valence-electron chi connectivity index (χ3n) is 3.59. The Morgan fingerprint density at radius 3 is 2.27 bits per heavy atom. The number of carbonyl (C=O) groups excluding carboxylic acids is 1. The zero-order valence-electron chi connectivity index (χ0n) is 15.0. The molecule has 0 fully saturated rings. The van der Waals surface area contributed by atoms with Gasteiger partial charge in [-0.15, -0.1) is 0 Å². The van der Waals surface area contributed by atoms with Crippen LogP contribution in [0, 0.1) is 0 Å². The number of ether oxygens (including phenoxy) is 2. The van der Waals surface area contributed by atoms with E-state index in [1.807, 2.05) is 0 Å². The molecule has 0 aliphatic heterocycles. The lowest BCUT2D eigenvalue weighted by molar-refractivity contribution is -0.137. The predicted octanol–water partition coefficient (Wildman–Crippen LogP) is 4.03. The van der Waals surface area contributed by atoms with Crippen LogP contribution in [-0.2, 0) is 20.8 Å². The molecule has 0 bridgehead atoms. The number of amides is 1. The zero-order chi connectivity index (χ0) is 22.7. The Morgan fingerprint density at radius 1 is 1.03 bits per heavy atom. The molecule has 164 valence electrons. The fraction of sp³-hybridized carbons (Fsp3) is 0.235. The maximum absolute atomic E-state index is 12.7. The highest BCUT2D eigenvalue weighted by Crippen LogP contribution is 2.35. The van der Waals surface area contributed by atoms with Crippen LogP contribution in [0.5, 0.6) is 11.5 Å². The Bertz CT molecular complexity index is 1030. The Morgan fingerprint density at radius 2 is 1.70 bits per heavy atom. The molecule has 0 unspecified atom stereocenters. The molecular weight excluding hydrogens is 444 g/mol. The molecule has 6 nitrogen and oxygen atoms in total. The molecule has 0 spiro atoms. The first-order valence-corrected chi connectivity index (χ1v) is 9.33. The van der Waals surface area contributed by atoms with Crippen LogP contribution < -0.4 is 14.8 Å². The molecule has 1 amide bonds. The van der Waals surface area contributed by atoms with Crippen molar-refractivity contribution in [1.82, 2.24) is 0 Å². The van der Waals surface area contributed by atoms with Crippen LogP contribution >= 0.6 is 0 Å². The average molecular weight is 457 g/mol. The maximum Gasteiger partial charge on any atom is 0.501 e. The van der Waals surface area contributed by atoms with E-state index in [1.54, 1.807) is 0 Å². The molecule has 2 aromatic carbocycles. The van der Waals surface area contributed by atoms with Crippen LogP contribution in [0.25, 0.3) is 0 Å². The summed E-state index contributed by atoms with van der Waals surface area (Å²) in [5.41, 5.74) is -6.97. The Kier molecular flexibility index (Phi) is 6.54. The minimum absolute atomic E-state index is 0.149. The molecule has 30 heavy (non-hydrogen) atoms. The number of anilines is 1. The number of rotatable bonds is 6. The van der Waals surface area contributed by atoms with Gasteiger partial charge in [0.25, 0.3) is 15.7 Å². The number of alkyl halides is 6. The molecule has 0 aromatic heterocycles. The largest absolute Gasteiger partial charge is 0.501 e. The van der Waals surface area contributed by atoms with Gasteiger partial charge in [-0.2, -0.15) is 26.3 Å². The number of halogens is 6. The van der Waals surface area contributed by atoms with Gasteiger partial charge in [-0.1, -0.05) is 6.07 Å². The quantitative estimate of drug-likeness (QED) is 0.663. The summed E-state index contributed by atoms with van der Waals surface area (Å²) in [5.74, 6) is -1.41. The number of nitrogens with one attached hydrogen (secondary N) is 1. The molecule has 0 saturated carbocycles. The van der Waals surface area contributed by atoms with Crippen LogP contribution in [-0.4, -0.2) is 33.5 Å². The molecule has 0 heterocycles. The second-order valence-corrected chi connectivity index (χ2v) is 7.61. The van der Waals surface area contributed by atoms with Crippen LogP contribution in [0.3, 0.4) is 0 Å². The van der Waals surface area contributed by atoms with Gasteiger partial charge in [-0.05, 0) is 36.4 Å². The molecule has 1 N–H and O–H groups in total. The SMILES string of the molecule is COc1ccc(S(=O)(=O)C(F)(F)F)cc1NC(=O)COc1cccc(C(F)(F)F)c1. The summed E-state index contributed by atoms with van der Waals surface area (Å²) in [6, 6.07) is 5.78. The molecule has 13 heteroatoms. The first kappa shape index (κ1) is 23.3. The Hall–Kier alpha value is -2.96. The number of sulfone groups is 1. The molecule has 2 rings (SSSR count). The van der Waals surface area contributed by atoms with Crippen molar-refractivity contribution in [2.45, 2.75) is 16.6 Å². The summed E-state index contributed by atoms with van der Waals surface area (Å²) in [6.45, 7) is -0.805. The highest BCUT2D eigenvalue weighted by molar-refractivity contribution is 7.92. The summed E-state index contributed by atoms with van der Waals surface area (Å²) >= 11 is 0. The van der Waals surface area contributed by atoms with Crippen molar-refractivity contribution in [3.05, 3.63) is 48.0 Å². The van der Waals surface area contributed by atoms with Crippen molar-refractivity contribution in [1.29, 1.82) is 0 Å². The van der Waals surface area contributed by atoms with E-state index in [-0.39, 0.29) is 11.5 Å². The molecule has 0 aliphatic rings. The minimum atomic E-state index is -5.68. The number of carbonyl (C=O) groups is 1. The first-order chi connectivity index (χ1) is 13.8. The van der Waals surface area contributed by atoms with Gasteiger partial charge in [-0.25, -0.2) is 8.42 Å². The minimum Gasteiger partial charge on any atom is -0.495 e. The topological polar surface area (TPSA) is 81.7 Å². The fourth-order valence-electron chi connectivity index (χ4n) is 2.18. The molecular formula is C17H13F6NO5S. The van der Waals surface area contributed by atoms with E-state index in [4.69, 9.17) is 9.47 Å². The standard InChI is InChI=1S/C17H13F6NO5S/c1-28-14-6-5-12(30(26,27)17(21,22)23)8-13(14)24-15(25)9-29-11-4-2-3-10(7-11)16(18,19)20/h2-8H,9H2,1H3,(H,24,25). The van der Waals surface area contributed by atoms with Crippen molar-refractivity contribution in [3.8, 4) is 11.5 Å². The van der Waals surface area contributed by atoms with Gasteiger partial charge in [0.05, 0.1) is 23.3 Å². The lowest BCUT2D eigenvalue weighted by Crippen LogP contribution is -2.24. The van der Waals surface area contributed by atoms with Gasteiger partial charge in [0.1, 0.15) is 11.5 Å². The van der Waals surface area contributed by atoms with Crippen LogP contribution in [0.2, 0.25) is 0 Å². The Balaban J connectivity index is 2.18. The van der Waals surface area contributed by atoms with Crippen molar-refractivity contribution in [2.24, 2.45) is 0 Å². The van der Waals surface area contributed by atoms with E-state index < -0.39 is 50.2 Å². The van der Waals surface area contributed by atoms with Gasteiger partial charge in [0.15, 0.2) is 6.61 Å².